The average Bonchev–Trinajstić information content (AvgIpc) is 2.33. The summed E-state index contributed by atoms with van der Waals surface area (Å²) in [7, 11) is 0. The van der Waals surface area contributed by atoms with Gasteiger partial charge in [0.15, 0.2) is 0 Å². The van der Waals surface area contributed by atoms with Gasteiger partial charge in [-0.15, -0.1) is 0 Å². The Balaban J connectivity index is 2.13. The SMILES string of the molecule is Fc1ccccc1CCc1cccc(I)c1F. The summed E-state index contributed by atoms with van der Waals surface area (Å²) in [5.74, 6) is -0.414. The van der Waals surface area contributed by atoms with Gasteiger partial charge in [-0.3, -0.25) is 0 Å². The Bertz CT molecular complexity index is 523. The smallest absolute Gasteiger partial charge is 0.139 e. The molecule has 0 heterocycles. The maximum Gasteiger partial charge on any atom is 0.139 e. The first-order valence-corrected chi connectivity index (χ1v) is 6.42. The molecule has 0 radical (unpaired) electrons. The van der Waals surface area contributed by atoms with Crippen molar-refractivity contribution >= 4 is 22.6 Å². The van der Waals surface area contributed by atoms with Crippen LogP contribution in [0.3, 0.4) is 0 Å². The quantitative estimate of drug-likeness (QED) is 0.726. The molecule has 2 aromatic rings. The van der Waals surface area contributed by atoms with Gasteiger partial charge in [0.2, 0.25) is 0 Å². The van der Waals surface area contributed by atoms with Crippen molar-refractivity contribution in [3.63, 3.8) is 0 Å². The largest absolute Gasteiger partial charge is 0.207 e. The molecular formula is C14H11F2I. The number of hydrogen-bond acceptors (Lipinski definition) is 0. The zero-order valence-electron chi connectivity index (χ0n) is 9.09. The van der Waals surface area contributed by atoms with E-state index in [4.69, 9.17) is 0 Å². The third-order valence-corrected chi connectivity index (χ3v) is 3.49. The number of benzene rings is 2. The third kappa shape index (κ3) is 3.03. The van der Waals surface area contributed by atoms with Gasteiger partial charge in [0.05, 0.1) is 0 Å². The summed E-state index contributed by atoms with van der Waals surface area (Å²) < 4.78 is 27.7. The molecule has 88 valence electrons. The minimum atomic E-state index is -0.224. The molecule has 0 aromatic heterocycles. The van der Waals surface area contributed by atoms with Crippen LogP contribution in [0.4, 0.5) is 8.78 Å². The Kier molecular flexibility index (Phi) is 4.10. The number of aryl methyl sites for hydroxylation is 2. The minimum absolute atomic E-state index is 0.190. The normalized spacial score (nSPS) is 10.5. The van der Waals surface area contributed by atoms with Crippen molar-refractivity contribution in [3.05, 3.63) is 68.8 Å². The van der Waals surface area contributed by atoms with E-state index in [9.17, 15) is 8.78 Å². The molecule has 0 amide bonds. The summed E-state index contributed by atoms with van der Waals surface area (Å²) in [4.78, 5) is 0. The predicted octanol–water partition coefficient (Wildman–Crippen LogP) is 4.35. The standard InChI is InChI=1S/C14H11F2I/c15-12-6-2-1-4-10(12)8-9-11-5-3-7-13(17)14(11)16/h1-7H,8-9H2. The Morgan fingerprint density at radius 2 is 1.47 bits per heavy atom. The fraction of sp³-hybridized carbons (Fsp3) is 0.143. The lowest BCUT2D eigenvalue weighted by atomic mass is 10.0. The second kappa shape index (κ2) is 5.58. The number of hydrogen-bond donors (Lipinski definition) is 0. The van der Waals surface area contributed by atoms with E-state index in [1.807, 2.05) is 28.7 Å². The highest BCUT2D eigenvalue weighted by Crippen LogP contribution is 2.17. The Morgan fingerprint density at radius 1 is 0.824 bits per heavy atom. The number of rotatable bonds is 3. The number of halogens is 3. The molecular weight excluding hydrogens is 333 g/mol. The van der Waals surface area contributed by atoms with E-state index in [0.29, 0.717) is 27.5 Å². The van der Waals surface area contributed by atoms with Crippen LogP contribution >= 0.6 is 22.6 Å². The van der Waals surface area contributed by atoms with Gasteiger partial charge in [0, 0.05) is 3.57 Å². The molecule has 0 aliphatic rings. The Hall–Kier alpha value is -0.970. The molecule has 3 heteroatoms. The monoisotopic (exact) mass is 344 g/mol. The van der Waals surface area contributed by atoms with Crippen LogP contribution in [0, 0.1) is 15.2 Å². The molecule has 0 nitrogen and oxygen atoms in total. The summed E-state index contributed by atoms with van der Waals surface area (Å²) in [6, 6.07) is 11.9. The molecule has 0 spiro atoms. The van der Waals surface area contributed by atoms with Crippen molar-refractivity contribution in [2.75, 3.05) is 0 Å². The maximum atomic E-state index is 13.7. The van der Waals surface area contributed by atoms with E-state index < -0.39 is 0 Å². The molecule has 0 saturated heterocycles. The molecule has 0 aliphatic heterocycles. The van der Waals surface area contributed by atoms with Crippen LogP contribution < -0.4 is 0 Å². The fourth-order valence-electron chi connectivity index (χ4n) is 1.71. The highest BCUT2D eigenvalue weighted by atomic mass is 127. The molecule has 0 fully saturated rings. The van der Waals surface area contributed by atoms with Crippen LogP contribution in [0.5, 0.6) is 0 Å². The van der Waals surface area contributed by atoms with Gasteiger partial charge >= 0.3 is 0 Å². The lowest BCUT2D eigenvalue weighted by molar-refractivity contribution is 0.591. The van der Waals surface area contributed by atoms with Crippen LogP contribution in [0.2, 0.25) is 0 Å². The average molecular weight is 344 g/mol. The van der Waals surface area contributed by atoms with Crippen LogP contribution in [0.25, 0.3) is 0 Å². The Morgan fingerprint density at radius 3 is 2.24 bits per heavy atom. The van der Waals surface area contributed by atoms with Gasteiger partial charge < -0.3 is 0 Å². The van der Waals surface area contributed by atoms with Gasteiger partial charge in [-0.25, -0.2) is 8.78 Å². The van der Waals surface area contributed by atoms with E-state index in [2.05, 4.69) is 0 Å². The third-order valence-electron chi connectivity index (χ3n) is 2.65. The van der Waals surface area contributed by atoms with Crippen molar-refractivity contribution in [2.45, 2.75) is 12.8 Å². The highest BCUT2D eigenvalue weighted by molar-refractivity contribution is 14.1. The zero-order chi connectivity index (χ0) is 12.3. The van der Waals surface area contributed by atoms with E-state index in [0.717, 1.165) is 0 Å². The molecule has 2 aromatic carbocycles. The van der Waals surface area contributed by atoms with Gasteiger partial charge in [-0.1, -0.05) is 30.3 Å². The van der Waals surface area contributed by atoms with Crippen LogP contribution in [-0.2, 0) is 12.8 Å². The van der Waals surface area contributed by atoms with Gasteiger partial charge in [-0.05, 0) is 58.7 Å². The molecule has 0 saturated carbocycles. The lowest BCUT2D eigenvalue weighted by Gasteiger charge is -2.05. The second-order valence-electron chi connectivity index (χ2n) is 3.80. The highest BCUT2D eigenvalue weighted by Gasteiger charge is 2.07. The molecule has 0 atom stereocenters. The molecule has 0 bridgehead atoms. The first-order valence-electron chi connectivity index (χ1n) is 5.35. The summed E-state index contributed by atoms with van der Waals surface area (Å²) >= 11 is 1.96. The first kappa shape index (κ1) is 12.5. The second-order valence-corrected chi connectivity index (χ2v) is 4.97. The topological polar surface area (TPSA) is 0 Å². The van der Waals surface area contributed by atoms with Crippen molar-refractivity contribution in [3.8, 4) is 0 Å². The zero-order valence-corrected chi connectivity index (χ0v) is 11.2. The first-order chi connectivity index (χ1) is 8.18. The van der Waals surface area contributed by atoms with Gasteiger partial charge in [-0.2, -0.15) is 0 Å². The summed E-state index contributed by atoms with van der Waals surface area (Å²) in [6.07, 6.45) is 1.04. The summed E-state index contributed by atoms with van der Waals surface area (Å²) in [6.45, 7) is 0. The van der Waals surface area contributed by atoms with Crippen LogP contribution in [-0.4, -0.2) is 0 Å². The van der Waals surface area contributed by atoms with Crippen molar-refractivity contribution < 1.29 is 8.78 Å². The summed E-state index contributed by atoms with van der Waals surface area (Å²) in [5.41, 5.74) is 1.27. The van der Waals surface area contributed by atoms with Crippen LogP contribution in [0.15, 0.2) is 42.5 Å². The lowest BCUT2D eigenvalue weighted by Crippen LogP contribution is -1.98. The van der Waals surface area contributed by atoms with Crippen LogP contribution in [0.1, 0.15) is 11.1 Å². The molecule has 0 unspecified atom stereocenters. The fourth-order valence-corrected chi connectivity index (χ4v) is 2.27. The minimum Gasteiger partial charge on any atom is -0.207 e. The molecule has 2 rings (SSSR count). The molecule has 0 aliphatic carbocycles. The Labute approximate surface area is 113 Å². The van der Waals surface area contributed by atoms with Gasteiger partial charge in [0.1, 0.15) is 11.6 Å². The van der Waals surface area contributed by atoms with Crippen molar-refractivity contribution in [1.82, 2.24) is 0 Å². The van der Waals surface area contributed by atoms with Crippen molar-refractivity contribution in [2.24, 2.45) is 0 Å². The van der Waals surface area contributed by atoms with E-state index in [-0.39, 0.29) is 11.6 Å². The van der Waals surface area contributed by atoms with Crippen molar-refractivity contribution in [1.29, 1.82) is 0 Å². The van der Waals surface area contributed by atoms with Gasteiger partial charge in [0.25, 0.3) is 0 Å². The molecule has 17 heavy (non-hydrogen) atoms. The van der Waals surface area contributed by atoms with E-state index in [1.54, 1.807) is 30.3 Å². The van der Waals surface area contributed by atoms with E-state index >= 15 is 0 Å². The molecule has 0 N–H and O–H groups in total. The van der Waals surface area contributed by atoms with E-state index in [1.165, 1.54) is 6.07 Å². The predicted molar refractivity (Wildman–Crippen MR) is 72.9 cm³/mol. The maximum absolute atomic E-state index is 13.7. The summed E-state index contributed by atoms with van der Waals surface area (Å²) in [5, 5.41) is 0.